The van der Waals surface area contributed by atoms with Gasteiger partial charge in [0.1, 0.15) is 10.6 Å². The van der Waals surface area contributed by atoms with E-state index >= 15 is 0 Å². The largest absolute Gasteiger partial charge is 0.495 e. The number of nitrogens with one attached hydrogen (secondary N) is 1. The number of carboxylic acids is 1. The van der Waals surface area contributed by atoms with Crippen LogP contribution in [0.1, 0.15) is 36.0 Å². The molecular weight excluding hydrogens is 350 g/mol. The molecule has 1 aliphatic rings. The number of methoxy groups -OCH3 is 2. The molecule has 0 radical (unpaired) electrons. The summed E-state index contributed by atoms with van der Waals surface area (Å²) in [5, 5.41) is 9.01. The fourth-order valence-electron chi connectivity index (χ4n) is 2.87. The van der Waals surface area contributed by atoms with Crippen LogP contribution >= 0.6 is 0 Å². The number of ether oxygens (including phenoxy) is 2. The van der Waals surface area contributed by atoms with Crippen molar-refractivity contribution in [2.45, 2.75) is 36.6 Å². The lowest BCUT2D eigenvalue weighted by atomic mass is 9.87. The number of carboxylic acid groups (broad SMARTS) is 1. The van der Waals surface area contributed by atoms with Gasteiger partial charge in [-0.2, -0.15) is 0 Å². The van der Waals surface area contributed by atoms with Crippen molar-refractivity contribution in [3.63, 3.8) is 0 Å². The van der Waals surface area contributed by atoms with Crippen molar-refractivity contribution in [3.05, 3.63) is 23.8 Å². The number of carbonyl (C=O) groups is 2. The molecule has 0 bridgehead atoms. The first-order valence-corrected chi connectivity index (χ1v) is 9.28. The molecule has 0 saturated heterocycles. The van der Waals surface area contributed by atoms with Crippen molar-refractivity contribution in [2.75, 3.05) is 14.2 Å². The van der Waals surface area contributed by atoms with Crippen LogP contribution in [0.3, 0.4) is 0 Å². The Hall–Kier alpha value is -2.13. The Morgan fingerprint density at radius 3 is 2.32 bits per heavy atom. The van der Waals surface area contributed by atoms with E-state index in [2.05, 4.69) is 9.46 Å². The van der Waals surface area contributed by atoms with E-state index in [-0.39, 0.29) is 22.3 Å². The molecule has 0 aliphatic heterocycles. The van der Waals surface area contributed by atoms with E-state index in [4.69, 9.17) is 9.84 Å². The highest BCUT2D eigenvalue weighted by molar-refractivity contribution is 7.89. The molecule has 1 fully saturated rings. The van der Waals surface area contributed by atoms with Crippen molar-refractivity contribution in [3.8, 4) is 5.75 Å². The summed E-state index contributed by atoms with van der Waals surface area (Å²) in [6, 6.07) is 3.66. The van der Waals surface area contributed by atoms with E-state index in [0.717, 1.165) is 0 Å². The predicted octanol–water partition coefficient (Wildman–Crippen LogP) is 1.40. The molecule has 0 spiro atoms. The number of aliphatic carboxylic acids is 1. The summed E-state index contributed by atoms with van der Waals surface area (Å²) in [6.45, 7) is 0. The van der Waals surface area contributed by atoms with Crippen LogP contribution in [0, 0.1) is 5.92 Å². The third-order valence-corrected chi connectivity index (χ3v) is 5.81. The molecule has 1 aromatic carbocycles. The van der Waals surface area contributed by atoms with Crippen molar-refractivity contribution in [2.24, 2.45) is 5.92 Å². The van der Waals surface area contributed by atoms with Crippen LogP contribution in [0.2, 0.25) is 0 Å². The average molecular weight is 371 g/mol. The SMILES string of the molecule is COC(=O)c1ccc(OC)c(S(=O)(=O)NC2CCC(C(=O)O)CC2)c1. The Kier molecular flexibility index (Phi) is 6.02. The quantitative estimate of drug-likeness (QED) is 0.726. The van der Waals surface area contributed by atoms with E-state index in [1.165, 1.54) is 32.4 Å². The second-order valence-corrected chi connectivity index (χ2v) is 7.55. The minimum Gasteiger partial charge on any atom is -0.495 e. The van der Waals surface area contributed by atoms with Gasteiger partial charge in [0.05, 0.1) is 25.7 Å². The number of carbonyl (C=O) groups excluding carboxylic acids is 1. The topological polar surface area (TPSA) is 119 Å². The zero-order chi connectivity index (χ0) is 18.6. The first-order chi connectivity index (χ1) is 11.8. The van der Waals surface area contributed by atoms with Gasteiger partial charge in [-0.3, -0.25) is 4.79 Å². The lowest BCUT2D eigenvalue weighted by molar-refractivity contribution is -0.142. The monoisotopic (exact) mass is 371 g/mol. The van der Waals surface area contributed by atoms with Gasteiger partial charge in [0.25, 0.3) is 0 Å². The molecule has 1 aromatic rings. The van der Waals surface area contributed by atoms with Gasteiger partial charge in [0.2, 0.25) is 10.0 Å². The highest BCUT2D eigenvalue weighted by atomic mass is 32.2. The lowest BCUT2D eigenvalue weighted by Crippen LogP contribution is -2.38. The number of hydrogen-bond donors (Lipinski definition) is 2. The molecule has 2 rings (SSSR count). The summed E-state index contributed by atoms with van der Waals surface area (Å²) in [4.78, 5) is 22.5. The molecule has 2 N–H and O–H groups in total. The Balaban J connectivity index is 2.21. The summed E-state index contributed by atoms with van der Waals surface area (Å²) < 4.78 is 37.7. The van der Waals surface area contributed by atoms with Crippen molar-refractivity contribution in [1.82, 2.24) is 4.72 Å². The minimum absolute atomic E-state index is 0.0956. The van der Waals surface area contributed by atoms with E-state index in [1.807, 2.05) is 0 Å². The zero-order valence-electron chi connectivity index (χ0n) is 14.0. The van der Waals surface area contributed by atoms with Crippen LogP contribution in [-0.2, 0) is 19.6 Å². The highest BCUT2D eigenvalue weighted by Crippen LogP contribution is 2.29. The Bertz CT molecular complexity index is 752. The summed E-state index contributed by atoms with van der Waals surface area (Å²) in [6.07, 6.45) is 1.72. The maximum absolute atomic E-state index is 12.7. The van der Waals surface area contributed by atoms with Crippen molar-refractivity contribution >= 4 is 22.0 Å². The number of benzene rings is 1. The first-order valence-electron chi connectivity index (χ1n) is 7.80. The third-order valence-electron chi connectivity index (χ3n) is 4.27. The van der Waals surface area contributed by atoms with Gasteiger partial charge >= 0.3 is 11.9 Å². The molecule has 0 amide bonds. The van der Waals surface area contributed by atoms with E-state index < -0.39 is 27.9 Å². The molecule has 138 valence electrons. The smallest absolute Gasteiger partial charge is 0.337 e. The standard InChI is InChI=1S/C16H21NO7S/c1-23-13-8-5-11(16(20)24-2)9-14(13)25(21,22)17-12-6-3-10(4-7-12)15(18)19/h5,8-10,12,17H,3-4,6-7H2,1-2H3,(H,18,19). The molecule has 0 aromatic heterocycles. The van der Waals surface area contributed by atoms with Gasteiger partial charge in [-0.15, -0.1) is 0 Å². The summed E-state index contributed by atoms with van der Waals surface area (Å²) in [5.41, 5.74) is 0.0956. The summed E-state index contributed by atoms with van der Waals surface area (Å²) in [5.74, 6) is -1.83. The first kappa shape index (κ1) is 19.2. The lowest BCUT2D eigenvalue weighted by Gasteiger charge is -2.26. The number of hydrogen-bond acceptors (Lipinski definition) is 6. The number of sulfonamides is 1. The van der Waals surface area contributed by atoms with Gasteiger partial charge in [-0.05, 0) is 43.9 Å². The van der Waals surface area contributed by atoms with E-state index in [1.54, 1.807) is 0 Å². The molecule has 25 heavy (non-hydrogen) atoms. The fourth-order valence-corrected chi connectivity index (χ4v) is 4.37. The number of rotatable bonds is 6. The normalized spacial score (nSPS) is 20.7. The molecule has 0 atom stereocenters. The maximum atomic E-state index is 12.7. The molecular formula is C16H21NO7S. The predicted molar refractivity (Wildman–Crippen MR) is 88.0 cm³/mol. The van der Waals surface area contributed by atoms with Crippen molar-refractivity contribution < 1.29 is 32.6 Å². The molecule has 9 heteroatoms. The average Bonchev–Trinajstić information content (AvgIpc) is 2.60. The minimum atomic E-state index is -3.93. The van der Waals surface area contributed by atoms with Crippen LogP contribution in [0.5, 0.6) is 5.75 Å². The summed E-state index contributed by atoms with van der Waals surface area (Å²) >= 11 is 0. The second-order valence-electron chi connectivity index (χ2n) is 5.87. The number of esters is 1. The van der Waals surface area contributed by atoms with Gasteiger partial charge in [-0.25, -0.2) is 17.9 Å². The highest BCUT2D eigenvalue weighted by Gasteiger charge is 2.30. The van der Waals surface area contributed by atoms with Crippen LogP contribution in [0.4, 0.5) is 0 Å². The Labute approximate surface area is 146 Å². The summed E-state index contributed by atoms with van der Waals surface area (Å²) in [7, 11) is -1.39. The maximum Gasteiger partial charge on any atom is 0.337 e. The Morgan fingerprint density at radius 2 is 1.80 bits per heavy atom. The molecule has 8 nitrogen and oxygen atoms in total. The van der Waals surface area contributed by atoms with Gasteiger partial charge < -0.3 is 14.6 Å². The second kappa shape index (κ2) is 7.83. The van der Waals surface area contributed by atoms with E-state index in [0.29, 0.717) is 25.7 Å². The molecule has 0 heterocycles. The van der Waals surface area contributed by atoms with Gasteiger partial charge in [-0.1, -0.05) is 0 Å². The van der Waals surface area contributed by atoms with Gasteiger partial charge in [0, 0.05) is 6.04 Å². The van der Waals surface area contributed by atoms with Gasteiger partial charge in [0.15, 0.2) is 0 Å². The fraction of sp³-hybridized carbons (Fsp3) is 0.500. The van der Waals surface area contributed by atoms with Crippen LogP contribution in [0.25, 0.3) is 0 Å². The molecule has 0 unspecified atom stereocenters. The Morgan fingerprint density at radius 1 is 1.16 bits per heavy atom. The van der Waals surface area contributed by atoms with Crippen molar-refractivity contribution in [1.29, 1.82) is 0 Å². The molecule has 1 saturated carbocycles. The van der Waals surface area contributed by atoms with Crippen LogP contribution in [-0.4, -0.2) is 45.7 Å². The van der Waals surface area contributed by atoms with Crippen LogP contribution < -0.4 is 9.46 Å². The van der Waals surface area contributed by atoms with E-state index in [9.17, 15) is 18.0 Å². The molecule has 1 aliphatic carbocycles. The van der Waals surface area contributed by atoms with Crippen LogP contribution in [0.15, 0.2) is 23.1 Å². The zero-order valence-corrected chi connectivity index (χ0v) is 14.8. The third kappa shape index (κ3) is 4.49.